The first-order valence-corrected chi connectivity index (χ1v) is 7.80. The van der Waals surface area contributed by atoms with Crippen LogP contribution in [0.15, 0.2) is 36.5 Å². The first kappa shape index (κ1) is 15.0. The molecular weight excluding hydrogens is 317 g/mol. The van der Waals surface area contributed by atoms with Crippen LogP contribution in [0.4, 0.5) is 18.9 Å². The predicted octanol–water partition coefficient (Wildman–Crippen LogP) is 4.24. The van der Waals surface area contributed by atoms with Crippen LogP contribution < -0.4 is 4.90 Å². The van der Waals surface area contributed by atoms with Gasteiger partial charge in [0.05, 0.1) is 22.3 Å². The van der Waals surface area contributed by atoms with Crippen LogP contribution in [0.1, 0.15) is 18.4 Å². The summed E-state index contributed by atoms with van der Waals surface area (Å²) >= 11 is 0. The number of imidazole rings is 1. The molecule has 7 heteroatoms. The molecule has 3 heterocycles. The molecule has 0 bridgehead atoms. The number of nitrogens with zero attached hydrogens (tertiary/aromatic N) is 3. The molecule has 1 fully saturated rings. The minimum Gasteiger partial charge on any atom is -0.371 e. The van der Waals surface area contributed by atoms with E-state index in [2.05, 4.69) is 15.0 Å². The number of aromatic nitrogens is 3. The normalized spacial score (nSPS) is 15.4. The Morgan fingerprint density at radius 1 is 1.08 bits per heavy atom. The van der Waals surface area contributed by atoms with Crippen LogP contribution in [0.2, 0.25) is 0 Å². The Hall–Kier alpha value is -2.57. The fourth-order valence-corrected chi connectivity index (χ4v) is 3.12. The third-order valence-electron chi connectivity index (χ3n) is 4.26. The molecule has 124 valence electrons. The summed E-state index contributed by atoms with van der Waals surface area (Å²) in [6, 6.07) is 8.05. The number of anilines is 1. The van der Waals surface area contributed by atoms with Crippen molar-refractivity contribution in [2.24, 2.45) is 0 Å². The van der Waals surface area contributed by atoms with E-state index in [0.717, 1.165) is 18.9 Å². The predicted molar refractivity (Wildman–Crippen MR) is 85.8 cm³/mol. The summed E-state index contributed by atoms with van der Waals surface area (Å²) < 4.78 is 40.5. The molecule has 1 aliphatic heterocycles. The maximum Gasteiger partial charge on any atom is 0.418 e. The molecule has 4 rings (SSSR count). The molecule has 0 radical (unpaired) electrons. The second-order valence-electron chi connectivity index (χ2n) is 5.88. The maximum absolute atomic E-state index is 13.5. The molecule has 1 aliphatic rings. The third kappa shape index (κ3) is 2.60. The van der Waals surface area contributed by atoms with Crippen molar-refractivity contribution in [1.82, 2.24) is 15.0 Å². The lowest BCUT2D eigenvalue weighted by Crippen LogP contribution is -2.22. The molecule has 2 aromatic heterocycles. The zero-order chi connectivity index (χ0) is 16.7. The maximum atomic E-state index is 13.5. The molecule has 0 saturated carbocycles. The summed E-state index contributed by atoms with van der Waals surface area (Å²) in [6.07, 6.45) is -0.953. The SMILES string of the molecule is FC(F)(F)c1cc2[nH]c(-c3ccccn3)nc2cc1N1CCCC1. The fraction of sp³-hybridized carbons (Fsp3) is 0.294. The lowest BCUT2D eigenvalue weighted by atomic mass is 10.1. The van der Waals surface area contributed by atoms with E-state index in [4.69, 9.17) is 0 Å². The van der Waals surface area contributed by atoms with Crippen LogP contribution in [-0.2, 0) is 6.18 Å². The van der Waals surface area contributed by atoms with E-state index in [1.165, 1.54) is 6.07 Å². The van der Waals surface area contributed by atoms with E-state index < -0.39 is 11.7 Å². The number of H-pyrrole nitrogens is 1. The Labute approximate surface area is 136 Å². The minimum atomic E-state index is -4.40. The number of rotatable bonds is 2. The highest BCUT2D eigenvalue weighted by atomic mass is 19.4. The van der Waals surface area contributed by atoms with Gasteiger partial charge in [0.15, 0.2) is 5.82 Å². The van der Waals surface area contributed by atoms with Crippen molar-refractivity contribution in [2.45, 2.75) is 19.0 Å². The molecule has 0 unspecified atom stereocenters. The van der Waals surface area contributed by atoms with Gasteiger partial charge < -0.3 is 9.88 Å². The Kier molecular flexibility index (Phi) is 3.44. The van der Waals surface area contributed by atoms with E-state index >= 15 is 0 Å². The van der Waals surface area contributed by atoms with E-state index in [1.807, 2.05) is 6.07 Å². The van der Waals surface area contributed by atoms with Gasteiger partial charge in [-0.05, 0) is 37.1 Å². The van der Waals surface area contributed by atoms with Gasteiger partial charge in [-0.25, -0.2) is 4.98 Å². The summed E-state index contributed by atoms with van der Waals surface area (Å²) in [4.78, 5) is 13.4. The standard InChI is InChI=1S/C17H15F3N4/c18-17(19,20)11-9-13-14(10-15(11)24-7-3-4-8-24)23-16(22-13)12-5-1-2-6-21-12/h1-2,5-6,9-10H,3-4,7-8H2,(H,22,23). The van der Waals surface area contributed by atoms with Crippen molar-refractivity contribution in [3.63, 3.8) is 0 Å². The molecule has 4 nitrogen and oxygen atoms in total. The smallest absolute Gasteiger partial charge is 0.371 e. The summed E-state index contributed by atoms with van der Waals surface area (Å²) in [7, 11) is 0. The third-order valence-corrected chi connectivity index (χ3v) is 4.26. The van der Waals surface area contributed by atoms with Gasteiger partial charge in [-0.2, -0.15) is 13.2 Å². The minimum absolute atomic E-state index is 0.214. The van der Waals surface area contributed by atoms with Gasteiger partial charge >= 0.3 is 6.18 Å². The van der Waals surface area contributed by atoms with E-state index in [-0.39, 0.29) is 5.69 Å². The monoisotopic (exact) mass is 332 g/mol. The van der Waals surface area contributed by atoms with E-state index in [1.54, 1.807) is 23.2 Å². The van der Waals surface area contributed by atoms with Gasteiger partial charge in [0.25, 0.3) is 0 Å². The highest BCUT2D eigenvalue weighted by Crippen LogP contribution is 2.40. The van der Waals surface area contributed by atoms with Gasteiger partial charge in [0.2, 0.25) is 0 Å². The van der Waals surface area contributed by atoms with Gasteiger partial charge in [-0.15, -0.1) is 0 Å². The van der Waals surface area contributed by atoms with E-state index in [9.17, 15) is 13.2 Å². The average Bonchev–Trinajstić information content (AvgIpc) is 3.22. The van der Waals surface area contributed by atoms with Gasteiger partial charge in [-0.3, -0.25) is 4.98 Å². The molecule has 0 atom stereocenters. The van der Waals surface area contributed by atoms with Crippen molar-refractivity contribution >= 4 is 16.7 Å². The lowest BCUT2D eigenvalue weighted by molar-refractivity contribution is -0.137. The molecule has 3 aromatic rings. The van der Waals surface area contributed by atoms with Gasteiger partial charge in [-0.1, -0.05) is 6.07 Å². The van der Waals surface area contributed by atoms with Gasteiger partial charge in [0.1, 0.15) is 5.69 Å². The highest BCUT2D eigenvalue weighted by Gasteiger charge is 2.36. The molecule has 24 heavy (non-hydrogen) atoms. The Morgan fingerprint density at radius 2 is 1.88 bits per heavy atom. The molecule has 1 N–H and O–H groups in total. The first-order chi connectivity index (χ1) is 11.5. The number of nitrogens with one attached hydrogen (secondary N) is 1. The van der Waals surface area contributed by atoms with Crippen molar-refractivity contribution in [1.29, 1.82) is 0 Å². The van der Waals surface area contributed by atoms with E-state index in [0.29, 0.717) is 35.6 Å². The van der Waals surface area contributed by atoms with Crippen LogP contribution in [0.3, 0.4) is 0 Å². The van der Waals surface area contributed by atoms with Crippen LogP contribution in [-0.4, -0.2) is 28.0 Å². The van der Waals surface area contributed by atoms with Crippen LogP contribution in [0.5, 0.6) is 0 Å². The van der Waals surface area contributed by atoms with Crippen LogP contribution in [0.25, 0.3) is 22.6 Å². The van der Waals surface area contributed by atoms with Crippen molar-refractivity contribution in [3.05, 3.63) is 42.1 Å². The van der Waals surface area contributed by atoms with Crippen molar-refractivity contribution in [2.75, 3.05) is 18.0 Å². The van der Waals surface area contributed by atoms with Gasteiger partial charge in [0, 0.05) is 19.3 Å². The zero-order valence-electron chi connectivity index (χ0n) is 12.8. The summed E-state index contributed by atoms with van der Waals surface area (Å²) in [5, 5.41) is 0. The number of pyridine rings is 1. The fourth-order valence-electron chi connectivity index (χ4n) is 3.12. The Bertz CT molecular complexity index is 865. The molecule has 0 aliphatic carbocycles. The highest BCUT2D eigenvalue weighted by molar-refractivity contribution is 5.84. The van der Waals surface area contributed by atoms with Crippen LogP contribution in [0, 0.1) is 0 Å². The molecular formula is C17H15F3N4. The number of alkyl halides is 3. The Balaban J connectivity index is 1.87. The number of aromatic amines is 1. The Morgan fingerprint density at radius 3 is 2.54 bits per heavy atom. The van der Waals surface area contributed by atoms with Crippen LogP contribution >= 0.6 is 0 Å². The van der Waals surface area contributed by atoms with Crippen molar-refractivity contribution in [3.8, 4) is 11.5 Å². The number of hydrogen-bond donors (Lipinski definition) is 1. The second-order valence-corrected chi connectivity index (χ2v) is 5.88. The topological polar surface area (TPSA) is 44.8 Å². The molecule has 1 saturated heterocycles. The molecule has 0 spiro atoms. The number of benzene rings is 1. The average molecular weight is 332 g/mol. The summed E-state index contributed by atoms with van der Waals surface area (Å²) in [5.41, 5.74) is 1.08. The second kappa shape index (κ2) is 5.51. The largest absolute Gasteiger partial charge is 0.418 e. The molecule has 1 aromatic carbocycles. The lowest BCUT2D eigenvalue weighted by Gasteiger charge is -2.22. The first-order valence-electron chi connectivity index (χ1n) is 7.80. The quantitative estimate of drug-likeness (QED) is 0.763. The number of fused-ring (bicyclic) bond motifs is 1. The zero-order valence-corrected chi connectivity index (χ0v) is 12.8. The number of halogens is 3. The summed E-state index contributed by atoms with van der Waals surface area (Å²) in [6.45, 7) is 1.29. The molecule has 0 amide bonds. The van der Waals surface area contributed by atoms with Crippen molar-refractivity contribution < 1.29 is 13.2 Å². The summed E-state index contributed by atoms with van der Waals surface area (Å²) in [5.74, 6) is 0.470. The number of hydrogen-bond acceptors (Lipinski definition) is 3.